The highest BCUT2D eigenvalue weighted by Crippen LogP contribution is 2.62. The van der Waals surface area contributed by atoms with Crippen LogP contribution in [-0.4, -0.2) is 0 Å². The SMILES string of the molecule is CC1(C)c2ccccc2-c2ccc(N(c3ccc(-c4ccc5c(c4)-c4ccccc4C54c5ccccc5C(C)(C)c5ccccc54)cc3)c3ccc(-c4cccc5c4oc4ccccc45)cc3)cc21. The monoisotopic (exact) mass is 883 g/mol. The summed E-state index contributed by atoms with van der Waals surface area (Å²) < 4.78 is 6.49. The third kappa shape index (κ3) is 5.49. The summed E-state index contributed by atoms with van der Waals surface area (Å²) >= 11 is 0. The normalized spacial score (nSPS) is 15.0. The summed E-state index contributed by atoms with van der Waals surface area (Å²) in [5, 5.41) is 2.28. The number of benzene rings is 10. The lowest BCUT2D eigenvalue weighted by molar-refractivity contribution is 0.563. The topological polar surface area (TPSA) is 16.4 Å². The van der Waals surface area contributed by atoms with Gasteiger partial charge < -0.3 is 9.32 Å². The zero-order valence-corrected chi connectivity index (χ0v) is 39.2. The second-order valence-corrected chi connectivity index (χ2v) is 20.4. The maximum atomic E-state index is 6.49. The van der Waals surface area contributed by atoms with Gasteiger partial charge in [0.15, 0.2) is 0 Å². The van der Waals surface area contributed by atoms with E-state index in [1.807, 2.05) is 6.07 Å². The molecular formula is C67H49NO. The molecule has 2 heteroatoms. The summed E-state index contributed by atoms with van der Waals surface area (Å²) in [5.74, 6) is 0. The van der Waals surface area contributed by atoms with Crippen molar-refractivity contribution in [1.29, 1.82) is 0 Å². The molecule has 1 spiro atoms. The van der Waals surface area contributed by atoms with Crippen molar-refractivity contribution in [2.75, 3.05) is 4.90 Å². The second-order valence-electron chi connectivity index (χ2n) is 20.4. The molecule has 2 nitrogen and oxygen atoms in total. The van der Waals surface area contributed by atoms with E-state index in [4.69, 9.17) is 4.42 Å². The molecule has 0 saturated carbocycles. The van der Waals surface area contributed by atoms with Crippen molar-refractivity contribution in [2.24, 2.45) is 0 Å². The van der Waals surface area contributed by atoms with Crippen molar-refractivity contribution in [3.05, 3.63) is 269 Å². The molecule has 328 valence electrons. The fourth-order valence-corrected chi connectivity index (χ4v) is 12.9. The first-order valence-corrected chi connectivity index (χ1v) is 24.3. The molecule has 0 saturated heterocycles. The lowest BCUT2D eigenvalue weighted by Gasteiger charge is -2.46. The molecule has 0 N–H and O–H groups in total. The summed E-state index contributed by atoms with van der Waals surface area (Å²) in [5.41, 5.74) is 25.3. The van der Waals surface area contributed by atoms with Gasteiger partial charge in [-0.05, 0) is 132 Å². The first-order valence-electron chi connectivity index (χ1n) is 24.3. The molecule has 0 atom stereocenters. The highest BCUT2D eigenvalue weighted by molar-refractivity contribution is 6.09. The number of para-hydroxylation sites is 2. The van der Waals surface area contributed by atoms with Crippen LogP contribution in [0.2, 0.25) is 0 Å². The molecule has 0 aliphatic heterocycles. The summed E-state index contributed by atoms with van der Waals surface area (Å²) in [6.07, 6.45) is 0. The zero-order chi connectivity index (χ0) is 46.2. The number of hydrogen-bond acceptors (Lipinski definition) is 2. The molecule has 1 aromatic heterocycles. The maximum Gasteiger partial charge on any atom is 0.143 e. The molecule has 1 heterocycles. The van der Waals surface area contributed by atoms with Gasteiger partial charge in [-0.3, -0.25) is 0 Å². The van der Waals surface area contributed by atoms with Crippen molar-refractivity contribution in [3.63, 3.8) is 0 Å². The van der Waals surface area contributed by atoms with Crippen LogP contribution in [-0.2, 0) is 16.2 Å². The Balaban J connectivity index is 0.886. The predicted molar refractivity (Wildman–Crippen MR) is 286 cm³/mol. The molecule has 0 radical (unpaired) electrons. The van der Waals surface area contributed by atoms with Crippen molar-refractivity contribution >= 4 is 39.0 Å². The largest absolute Gasteiger partial charge is 0.455 e. The van der Waals surface area contributed by atoms with Gasteiger partial charge in [0.05, 0.1) is 5.41 Å². The number of rotatable bonds is 5. The Labute approximate surface area is 403 Å². The Morgan fingerprint density at radius 1 is 0.304 bits per heavy atom. The first-order chi connectivity index (χ1) is 33.7. The third-order valence-corrected chi connectivity index (χ3v) is 16.2. The molecule has 0 bridgehead atoms. The molecule has 0 fully saturated rings. The van der Waals surface area contributed by atoms with Crippen LogP contribution in [0.5, 0.6) is 0 Å². The molecule has 69 heavy (non-hydrogen) atoms. The lowest BCUT2D eigenvalue weighted by atomic mass is 9.55. The van der Waals surface area contributed by atoms with Gasteiger partial charge in [-0.15, -0.1) is 0 Å². The van der Waals surface area contributed by atoms with Crippen molar-refractivity contribution in [3.8, 4) is 44.5 Å². The van der Waals surface area contributed by atoms with Crippen LogP contribution in [0.4, 0.5) is 17.1 Å². The molecule has 3 aliphatic carbocycles. The average molecular weight is 884 g/mol. The van der Waals surface area contributed by atoms with Gasteiger partial charge in [0.2, 0.25) is 0 Å². The summed E-state index contributed by atoms with van der Waals surface area (Å²) in [6.45, 7) is 9.49. The lowest BCUT2D eigenvalue weighted by Crippen LogP contribution is -2.40. The van der Waals surface area contributed by atoms with Crippen LogP contribution in [0.1, 0.15) is 72.2 Å². The van der Waals surface area contributed by atoms with Gasteiger partial charge in [-0.2, -0.15) is 0 Å². The van der Waals surface area contributed by atoms with Crippen LogP contribution in [0.15, 0.2) is 229 Å². The number of hydrogen-bond donors (Lipinski definition) is 0. The van der Waals surface area contributed by atoms with Crippen LogP contribution >= 0.6 is 0 Å². The average Bonchev–Trinajstić information content (AvgIpc) is 4.00. The minimum Gasteiger partial charge on any atom is -0.455 e. The minimum absolute atomic E-state index is 0.126. The van der Waals surface area contributed by atoms with E-state index in [1.54, 1.807) is 0 Å². The first kappa shape index (κ1) is 39.9. The number of fused-ring (bicyclic) bond motifs is 15. The molecule has 0 unspecified atom stereocenters. The minimum atomic E-state index is -0.405. The highest BCUT2D eigenvalue weighted by atomic mass is 16.3. The molecular weight excluding hydrogens is 835 g/mol. The van der Waals surface area contributed by atoms with E-state index in [1.165, 1.54) is 77.9 Å². The van der Waals surface area contributed by atoms with Gasteiger partial charge in [-0.1, -0.05) is 204 Å². The van der Waals surface area contributed by atoms with Crippen LogP contribution in [0.3, 0.4) is 0 Å². The van der Waals surface area contributed by atoms with E-state index in [-0.39, 0.29) is 10.8 Å². The Morgan fingerprint density at radius 2 is 0.783 bits per heavy atom. The highest BCUT2D eigenvalue weighted by Gasteiger charge is 2.53. The van der Waals surface area contributed by atoms with E-state index in [0.717, 1.165) is 50.1 Å². The Hall–Kier alpha value is -8.20. The standard InChI is InChI=1S/C67H49NO/c1-65(2)55-21-8-5-16-49(55)51-38-37-47(41-62(51)65)68(46-35-30-43(31-36-46)48-19-15-20-53-52-18-7-14-27-63(52)69-64(48)53)45-33-28-42(29-34-45)44-32-39-57-54(40-44)50-17-6-9-22-56(50)67(57)60-25-12-10-23-58(60)66(3,4)59-24-11-13-26-61(59)67/h5-41H,1-4H3. The molecule has 0 amide bonds. The van der Waals surface area contributed by atoms with Crippen LogP contribution < -0.4 is 4.90 Å². The second kappa shape index (κ2) is 14.4. The van der Waals surface area contributed by atoms with Gasteiger partial charge in [0.25, 0.3) is 0 Å². The van der Waals surface area contributed by atoms with Crippen LogP contribution in [0.25, 0.3) is 66.4 Å². The third-order valence-electron chi connectivity index (χ3n) is 16.2. The fourth-order valence-electron chi connectivity index (χ4n) is 12.9. The number of nitrogens with zero attached hydrogens (tertiary/aromatic N) is 1. The molecule has 10 aromatic carbocycles. The van der Waals surface area contributed by atoms with Gasteiger partial charge in [0, 0.05) is 44.2 Å². The van der Waals surface area contributed by atoms with Crippen molar-refractivity contribution < 1.29 is 4.42 Å². The maximum absolute atomic E-state index is 6.49. The van der Waals surface area contributed by atoms with E-state index >= 15 is 0 Å². The summed E-state index contributed by atoms with van der Waals surface area (Å²) in [4.78, 5) is 2.41. The van der Waals surface area contributed by atoms with Gasteiger partial charge >= 0.3 is 0 Å². The molecule has 14 rings (SSSR count). The summed E-state index contributed by atoms with van der Waals surface area (Å²) in [6, 6.07) is 83.6. The predicted octanol–water partition coefficient (Wildman–Crippen LogP) is 17.7. The molecule has 3 aliphatic rings. The Bertz CT molecular complexity index is 3850. The van der Waals surface area contributed by atoms with Gasteiger partial charge in [-0.25, -0.2) is 0 Å². The van der Waals surface area contributed by atoms with Gasteiger partial charge in [0.1, 0.15) is 11.2 Å². The zero-order valence-electron chi connectivity index (χ0n) is 39.2. The Morgan fingerprint density at radius 3 is 1.48 bits per heavy atom. The molecule has 11 aromatic rings. The van der Waals surface area contributed by atoms with E-state index < -0.39 is 5.41 Å². The smallest absolute Gasteiger partial charge is 0.143 e. The summed E-state index contributed by atoms with van der Waals surface area (Å²) in [7, 11) is 0. The van der Waals surface area contributed by atoms with Crippen molar-refractivity contribution in [2.45, 2.75) is 43.9 Å². The fraction of sp³-hybridized carbons (Fsp3) is 0.104. The van der Waals surface area contributed by atoms with E-state index in [0.29, 0.717) is 0 Å². The number of anilines is 3. The quantitative estimate of drug-likeness (QED) is 0.171. The number of furan rings is 1. The van der Waals surface area contributed by atoms with Crippen LogP contribution in [0, 0.1) is 0 Å². The van der Waals surface area contributed by atoms with E-state index in [9.17, 15) is 0 Å². The van der Waals surface area contributed by atoms with Crippen molar-refractivity contribution in [1.82, 2.24) is 0 Å². The van der Waals surface area contributed by atoms with E-state index in [2.05, 4.69) is 251 Å². The Kier molecular flexibility index (Phi) is 8.33.